The normalized spacial score (nSPS) is 19.4. The van der Waals surface area contributed by atoms with E-state index in [1.165, 1.54) is 5.56 Å². The molecular weight excluding hydrogens is 318 g/mol. The molecule has 1 saturated heterocycles. The second-order valence-corrected chi connectivity index (χ2v) is 5.73. The van der Waals surface area contributed by atoms with Crippen molar-refractivity contribution in [1.82, 2.24) is 5.16 Å². The number of hydrogen-bond acceptors (Lipinski definition) is 5. The molecule has 6 nitrogen and oxygen atoms in total. The molecule has 0 spiro atoms. The van der Waals surface area contributed by atoms with Gasteiger partial charge in [0, 0.05) is 23.4 Å². The number of amides is 1. The Morgan fingerprint density at radius 1 is 1.30 bits per heavy atom. The molecule has 1 aromatic carbocycles. The van der Waals surface area contributed by atoms with E-state index in [0.717, 1.165) is 41.8 Å². The fourth-order valence-corrected chi connectivity index (χ4v) is 3.16. The van der Waals surface area contributed by atoms with Gasteiger partial charge in [0.1, 0.15) is 6.10 Å². The SMILES string of the molecule is Cl.NC[C@H]1CN(c2ccc3c(c2)CCCc2cnoc2-3)C(=O)O1. The molecule has 122 valence electrons. The van der Waals surface area contributed by atoms with E-state index in [1.807, 2.05) is 18.2 Å². The van der Waals surface area contributed by atoms with Gasteiger partial charge in [-0.25, -0.2) is 4.79 Å². The van der Waals surface area contributed by atoms with Crippen LogP contribution in [0.25, 0.3) is 11.3 Å². The van der Waals surface area contributed by atoms with E-state index in [2.05, 4.69) is 5.16 Å². The number of nitrogens with two attached hydrogens (primary N) is 1. The number of ether oxygens (including phenoxy) is 1. The topological polar surface area (TPSA) is 81.6 Å². The molecule has 2 N–H and O–H groups in total. The fourth-order valence-electron chi connectivity index (χ4n) is 3.16. The number of cyclic esters (lactones) is 1. The molecule has 0 bridgehead atoms. The van der Waals surface area contributed by atoms with Gasteiger partial charge in [-0.3, -0.25) is 4.90 Å². The molecule has 2 heterocycles. The molecule has 1 aliphatic heterocycles. The predicted octanol–water partition coefficient (Wildman–Crippen LogP) is 2.54. The van der Waals surface area contributed by atoms with E-state index >= 15 is 0 Å². The van der Waals surface area contributed by atoms with E-state index in [0.29, 0.717) is 13.1 Å². The lowest BCUT2D eigenvalue weighted by Gasteiger charge is -2.15. The molecule has 0 radical (unpaired) electrons. The summed E-state index contributed by atoms with van der Waals surface area (Å²) in [6, 6.07) is 5.98. The van der Waals surface area contributed by atoms with Gasteiger partial charge in [0.15, 0.2) is 5.76 Å². The Balaban J connectivity index is 0.00000156. The summed E-state index contributed by atoms with van der Waals surface area (Å²) >= 11 is 0. The number of hydrogen-bond donors (Lipinski definition) is 1. The van der Waals surface area contributed by atoms with Crippen LogP contribution >= 0.6 is 12.4 Å². The Bertz CT molecular complexity index is 731. The zero-order chi connectivity index (χ0) is 15.1. The van der Waals surface area contributed by atoms with Gasteiger partial charge >= 0.3 is 6.09 Å². The van der Waals surface area contributed by atoms with Gasteiger partial charge in [-0.2, -0.15) is 0 Å². The molecule has 1 amide bonds. The third kappa shape index (κ3) is 2.68. The second-order valence-electron chi connectivity index (χ2n) is 5.73. The number of nitrogens with zero attached hydrogens (tertiary/aromatic N) is 2. The van der Waals surface area contributed by atoms with E-state index in [-0.39, 0.29) is 24.6 Å². The van der Waals surface area contributed by atoms with Crippen LogP contribution in [0.4, 0.5) is 10.5 Å². The zero-order valence-corrected chi connectivity index (χ0v) is 13.3. The molecule has 1 fully saturated rings. The smallest absolute Gasteiger partial charge is 0.414 e. The van der Waals surface area contributed by atoms with Crippen LogP contribution in [-0.4, -0.2) is 30.4 Å². The number of carbonyl (C=O) groups is 1. The number of benzene rings is 1. The summed E-state index contributed by atoms with van der Waals surface area (Å²) in [6.07, 6.45) is 4.19. The molecule has 23 heavy (non-hydrogen) atoms. The highest BCUT2D eigenvalue weighted by Gasteiger charge is 2.32. The molecule has 2 aromatic rings. The van der Waals surface area contributed by atoms with Gasteiger partial charge in [0.2, 0.25) is 0 Å². The highest BCUT2D eigenvalue weighted by Crippen LogP contribution is 2.35. The second kappa shape index (κ2) is 6.22. The standard InChI is InChI=1S/C16H17N3O3.ClH/c17-7-13-9-19(16(20)21-13)12-4-5-14-10(6-12)2-1-3-11-8-18-22-15(11)14;/h4-6,8,13H,1-3,7,9,17H2;1H/t13-;/m0./s1. The van der Waals surface area contributed by atoms with E-state index in [9.17, 15) is 4.79 Å². The van der Waals surface area contributed by atoms with Gasteiger partial charge < -0.3 is 15.0 Å². The van der Waals surface area contributed by atoms with Gasteiger partial charge in [0.05, 0.1) is 12.7 Å². The molecule has 1 aliphatic carbocycles. The molecule has 7 heteroatoms. The largest absolute Gasteiger partial charge is 0.443 e. The molecular formula is C16H18ClN3O3. The summed E-state index contributed by atoms with van der Waals surface area (Å²) in [5, 5.41) is 3.90. The van der Waals surface area contributed by atoms with Crippen molar-refractivity contribution < 1.29 is 14.1 Å². The first kappa shape index (κ1) is 15.8. The predicted molar refractivity (Wildman–Crippen MR) is 87.9 cm³/mol. The van der Waals surface area contributed by atoms with Crippen molar-refractivity contribution in [3.05, 3.63) is 35.5 Å². The van der Waals surface area contributed by atoms with Crippen LogP contribution in [0.5, 0.6) is 0 Å². The van der Waals surface area contributed by atoms with Gasteiger partial charge in [-0.15, -0.1) is 12.4 Å². The minimum Gasteiger partial charge on any atom is -0.443 e. The van der Waals surface area contributed by atoms with Crippen molar-refractivity contribution in [1.29, 1.82) is 0 Å². The fraction of sp³-hybridized carbons (Fsp3) is 0.375. The van der Waals surface area contributed by atoms with Crippen LogP contribution in [0.2, 0.25) is 0 Å². The number of aryl methyl sites for hydroxylation is 2. The minimum atomic E-state index is -0.329. The third-order valence-corrected chi connectivity index (χ3v) is 4.32. The molecule has 4 rings (SSSR count). The van der Waals surface area contributed by atoms with Crippen molar-refractivity contribution >= 4 is 24.2 Å². The maximum absolute atomic E-state index is 12.0. The van der Waals surface area contributed by atoms with Crippen LogP contribution in [-0.2, 0) is 17.6 Å². The highest BCUT2D eigenvalue weighted by molar-refractivity contribution is 5.90. The van der Waals surface area contributed by atoms with Crippen LogP contribution in [0.15, 0.2) is 28.9 Å². The van der Waals surface area contributed by atoms with Crippen LogP contribution < -0.4 is 10.6 Å². The van der Waals surface area contributed by atoms with Gasteiger partial charge in [0.25, 0.3) is 0 Å². The van der Waals surface area contributed by atoms with Crippen LogP contribution in [0.3, 0.4) is 0 Å². The summed E-state index contributed by atoms with van der Waals surface area (Å²) in [5.74, 6) is 0.850. The Kier molecular flexibility index (Phi) is 4.28. The van der Waals surface area contributed by atoms with Crippen molar-refractivity contribution in [3.8, 4) is 11.3 Å². The molecule has 1 aromatic heterocycles. The Morgan fingerprint density at radius 2 is 2.13 bits per heavy atom. The number of halogens is 1. The highest BCUT2D eigenvalue weighted by atomic mass is 35.5. The average molecular weight is 336 g/mol. The maximum Gasteiger partial charge on any atom is 0.414 e. The van der Waals surface area contributed by atoms with Crippen molar-refractivity contribution in [3.63, 3.8) is 0 Å². The van der Waals surface area contributed by atoms with E-state index in [1.54, 1.807) is 11.1 Å². The van der Waals surface area contributed by atoms with Crippen LogP contribution in [0, 0.1) is 0 Å². The molecule has 1 atom stereocenters. The monoisotopic (exact) mass is 335 g/mol. The lowest BCUT2D eigenvalue weighted by atomic mass is 10.0. The molecule has 2 aliphatic rings. The minimum absolute atomic E-state index is 0. The van der Waals surface area contributed by atoms with Gasteiger partial charge in [-0.05, 0) is 43.0 Å². The lowest BCUT2D eigenvalue weighted by Crippen LogP contribution is -2.27. The summed E-state index contributed by atoms with van der Waals surface area (Å²) in [6.45, 7) is 0.844. The number of rotatable bonds is 2. The molecule has 0 saturated carbocycles. The summed E-state index contributed by atoms with van der Waals surface area (Å²) in [4.78, 5) is 13.6. The first-order valence-corrected chi connectivity index (χ1v) is 7.51. The van der Waals surface area contributed by atoms with E-state index in [4.69, 9.17) is 15.0 Å². The quantitative estimate of drug-likeness (QED) is 0.912. The first-order valence-electron chi connectivity index (χ1n) is 7.51. The first-order chi connectivity index (χ1) is 10.8. The van der Waals surface area contributed by atoms with Crippen molar-refractivity contribution in [2.24, 2.45) is 5.73 Å². The Morgan fingerprint density at radius 3 is 2.91 bits per heavy atom. The average Bonchev–Trinajstić information content (AvgIpc) is 3.10. The van der Waals surface area contributed by atoms with Crippen molar-refractivity contribution in [2.75, 3.05) is 18.0 Å². The zero-order valence-electron chi connectivity index (χ0n) is 12.5. The number of fused-ring (bicyclic) bond motifs is 3. The number of aromatic nitrogens is 1. The molecule has 0 unspecified atom stereocenters. The summed E-state index contributed by atoms with van der Waals surface area (Å²) in [5.41, 5.74) is 9.83. The van der Waals surface area contributed by atoms with E-state index < -0.39 is 0 Å². The summed E-state index contributed by atoms with van der Waals surface area (Å²) < 4.78 is 10.6. The maximum atomic E-state index is 12.0. The Labute approximate surface area is 140 Å². The number of anilines is 1. The summed E-state index contributed by atoms with van der Waals surface area (Å²) in [7, 11) is 0. The lowest BCUT2D eigenvalue weighted by molar-refractivity contribution is 0.145. The van der Waals surface area contributed by atoms with Crippen molar-refractivity contribution in [2.45, 2.75) is 25.4 Å². The third-order valence-electron chi connectivity index (χ3n) is 4.32. The van der Waals surface area contributed by atoms with Gasteiger partial charge in [-0.1, -0.05) is 5.16 Å². The number of carbonyl (C=O) groups excluding carboxylic acids is 1. The van der Waals surface area contributed by atoms with Crippen LogP contribution in [0.1, 0.15) is 17.5 Å². The Hall–Kier alpha value is -2.05.